The lowest BCUT2D eigenvalue weighted by atomic mass is 10.0. The van der Waals surface area contributed by atoms with E-state index in [1.165, 1.54) is 6.08 Å². The molecule has 2 amide bonds. The Kier molecular flexibility index (Phi) is 5.61. The summed E-state index contributed by atoms with van der Waals surface area (Å²) in [6.45, 7) is 1.91. The molecule has 31 heavy (non-hydrogen) atoms. The minimum Gasteiger partial charge on any atom is -0.268 e. The highest BCUT2D eigenvalue weighted by atomic mass is 19.4. The number of hydrazine groups is 1. The van der Waals surface area contributed by atoms with Crippen molar-refractivity contribution >= 4 is 18.0 Å². The molecule has 13 heteroatoms. The first-order valence-corrected chi connectivity index (χ1v) is 8.51. The lowest BCUT2D eigenvalue weighted by Gasteiger charge is -2.15. The molecule has 2 aromatic rings. The van der Waals surface area contributed by atoms with E-state index >= 15 is 0 Å². The summed E-state index contributed by atoms with van der Waals surface area (Å²) in [4.78, 5) is 27.2. The maximum absolute atomic E-state index is 13.0. The van der Waals surface area contributed by atoms with Crippen molar-refractivity contribution in [3.05, 3.63) is 53.4 Å². The van der Waals surface area contributed by atoms with Gasteiger partial charge in [0.05, 0.1) is 17.7 Å². The lowest BCUT2D eigenvalue weighted by Crippen LogP contribution is -2.42. The van der Waals surface area contributed by atoms with Crippen LogP contribution in [-0.2, 0) is 21.9 Å². The molecule has 0 bridgehead atoms. The Morgan fingerprint density at radius 1 is 1.10 bits per heavy atom. The maximum Gasteiger partial charge on any atom is 0.416 e. The number of rotatable bonds is 4. The van der Waals surface area contributed by atoms with E-state index in [2.05, 4.69) is 15.5 Å². The van der Waals surface area contributed by atoms with E-state index in [0.29, 0.717) is 12.1 Å². The first-order chi connectivity index (χ1) is 14.3. The summed E-state index contributed by atoms with van der Waals surface area (Å²) in [5.74, 6) is -1.52. The standard InChI is InChI=1S/C18H13F6N5O2/c1-10-4-15(31)29(8-10)26-14(30)2-3-28-9-25-16(27-28)11-5-12(17(19,20)21)7-13(6-11)18(22,23)24/h2-7,9H,8H2,1H3,(H,26,30)/b3-2-. The van der Waals surface area contributed by atoms with Gasteiger partial charge in [0.25, 0.3) is 11.8 Å². The summed E-state index contributed by atoms with van der Waals surface area (Å²) in [5.41, 5.74) is -0.437. The number of nitrogens with zero attached hydrogens (tertiary/aromatic N) is 4. The average molecular weight is 445 g/mol. The Hall–Kier alpha value is -3.64. The van der Waals surface area contributed by atoms with Crippen LogP contribution in [0.2, 0.25) is 0 Å². The van der Waals surface area contributed by atoms with Crippen LogP contribution in [0.3, 0.4) is 0 Å². The molecule has 0 saturated carbocycles. The van der Waals surface area contributed by atoms with Gasteiger partial charge in [-0.2, -0.15) is 26.3 Å². The number of hydrogen-bond acceptors (Lipinski definition) is 4. The number of carbonyl (C=O) groups excluding carboxylic acids is 2. The minimum atomic E-state index is -5.00. The Morgan fingerprint density at radius 2 is 1.71 bits per heavy atom. The minimum absolute atomic E-state index is 0.000945. The molecular weight excluding hydrogens is 432 g/mol. The van der Waals surface area contributed by atoms with E-state index in [0.717, 1.165) is 33.9 Å². The molecule has 1 aliphatic heterocycles. The molecule has 164 valence electrons. The number of hydrogen-bond donors (Lipinski definition) is 1. The molecule has 0 radical (unpaired) electrons. The molecule has 1 aromatic carbocycles. The SMILES string of the molecule is CC1=CC(=O)N(NC(=O)/C=C\n2cnc(-c3cc(C(F)(F)F)cc(C(F)(F)F)c3)n2)C1. The Bertz CT molecular complexity index is 1050. The molecule has 0 fully saturated rings. The summed E-state index contributed by atoms with van der Waals surface area (Å²) < 4.78 is 78.8. The Morgan fingerprint density at radius 3 is 2.23 bits per heavy atom. The third-order valence-corrected chi connectivity index (χ3v) is 4.02. The molecule has 0 atom stereocenters. The van der Waals surface area contributed by atoms with Gasteiger partial charge in [0, 0.05) is 23.9 Å². The molecule has 7 nitrogen and oxygen atoms in total. The predicted molar refractivity (Wildman–Crippen MR) is 94.4 cm³/mol. The molecule has 3 rings (SSSR count). The second-order valence-corrected chi connectivity index (χ2v) is 6.55. The summed E-state index contributed by atoms with van der Waals surface area (Å²) in [5, 5.41) is 4.84. The number of nitrogens with one attached hydrogen (secondary N) is 1. The van der Waals surface area contributed by atoms with Gasteiger partial charge in [-0.05, 0) is 30.7 Å². The van der Waals surface area contributed by atoms with Gasteiger partial charge in [-0.25, -0.2) is 14.7 Å². The van der Waals surface area contributed by atoms with Gasteiger partial charge in [-0.15, -0.1) is 5.10 Å². The summed E-state index contributed by atoms with van der Waals surface area (Å²) in [6.07, 6.45) is -5.62. The van der Waals surface area contributed by atoms with Crippen molar-refractivity contribution in [3.63, 3.8) is 0 Å². The largest absolute Gasteiger partial charge is 0.416 e. The molecular formula is C18H13F6N5O2. The van der Waals surface area contributed by atoms with Crippen molar-refractivity contribution in [1.82, 2.24) is 25.2 Å². The van der Waals surface area contributed by atoms with Gasteiger partial charge in [0.1, 0.15) is 6.33 Å². The zero-order valence-corrected chi connectivity index (χ0v) is 15.6. The Labute approximate surface area is 170 Å². The van der Waals surface area contributed by atoms with Crippen LogP contribution in [0.5, 0.6) is 0 Å². The van der Waals surface area contributed by atoms with E-state index in [1.807, 2.05) is 0 Å². The highest BCUT2D eigenvalue weighted by Crippen LogP contribution is 2.38. The van der Waals surface area contributed by atoms with Gasteiger partial charge in [0.2, 0.25) is 0 Å². The van der Waals surface area contributed by atoms with Crippen LogP contribution in [0.4, 0.5) is 26.3 Å². The van der Waals surface area contributed by atoms with Crippen molar-refractivity contribution in [2.75, 3.05) is 6.54 Å². The van der Waals surface area contributed by atoms with Crippen molar-refractivity contribution < 1.29 is 35.9 Å². The number of aromatic nitrogens is 3. The van der Waals surface area contributed by atoms with Crippen molar-refractivity contribution in [2.24, 2.45) is 0 Å². The number of amides is 2. The summed E-state index contributed by atoms with van der Waals surface area (Å²) >= 11 is 0. The third-order valence-electron chi connectivity index (χ3n) is 4.02. The van der Waals surface area contributed by atoms with E-state index in [9.17, 15) is 35.9 Å². The fraction of sp³-hybridized carbons (Fsp3) is 0.222. The van der Waals surface area contributed by atoms with E-state index in [-0.39, 0.29) is 12.6 Å². The monoisotopic (exact) mass is 445 g/mol. The van der Waals surface area contributed by atoms with E-state index in [1.54, 1.807) is 6.92 Å². The molecule has 0 spiro atoms. The first kappa shape index (κ1) is 22.1. The van der Waals surface area contributed by atoms with Crippen LogP contribution in [0.25, 0.3) is 17.6 Å². The van der Waals surface area contributed by atoms with Gasteiger partial charge in [0.15, 0.2) is 5.82 Å². The quantitative estimate of drug-likeness (QED) is 0.579. The van der Waals surface area contributed by atoms with Crippen LogP contribution in [0, 0.1) is 0 Å². The average Bonchev–Trinajstić information content (AvgIpc) is 3.24. The smallest absolute Gasteiger partial charge is 0.268 e. The van der Waals surface area contributed by atoms with Crippen molar-refractivity contribution in [3.8, 4) is 11.4 Å². The fourth-order valence-electron chi connectivity index (χ4n) is 2.63. The van der Waals surface area contributed by atoms with E-state index in [4.69, 9.17) is 0 Å². The van der Waals surface area contributed by atoms with Gasteiger partial charge in [-0.3, -0.25) is 15.0 Å². The second-order valence-electron chi connectivity index (χ2n) is 6.55. The first-order valence-electron chi connectivity index (χ1n) is 8.51. The second kappa shape index (κ2) is 7.89. The lowest BCUT2D eigenvalue weighted by molar-refractivity contribution is -0.143. The maximum atomic E-state index is 13.0. The number of halogens is 6. The highest BCUT2D eigenvalue weighted by Gasteiger charge is 2.37. The normalized spacial score (nSPS) is 15.0. The number of carbonyl (C=O) groups is 2. The van der Waals surface area contributed by atoms with Crippen LogP contribution in [-0.4, -0.2) is 38.1 Å². The van der Waals surface area contributed by atoms with Crippen LogP contribution >= 0.6 is 0 Å². The topological polar surface area (TPSA) is 80.1 Å². The van der Waals surface area contributed by atoms with Crippen LogP contribution in [0.1, 0.15) is 18.1 Å². The Balaban J connectivity index is 1.79. The zero-order valence-electron chi connectivity index (χ0n) is 15.6. The predicted octanol–water partition coefficient (Wildman–Crippen LogP) is 3.27. The van der Waals surface area contributed by atoms with Crippen molar-refractivity contribution in [2.45, 2.75) is 19.3 Å². The highest BCUT2D eigenvalue weighted by molar-refractivity contribution is 5.95. The summed E-state index contributed by atoms with van der Waals surface area (Å²) in [7, 11) is 0. The van der Waals surface area contributed by atoms with Gasteiger partial charge >= 0.3 is 12.4 Å². The van der Waals surface area contributed by atoms with Gasteiger partial charge in [-0.1, -0.05) is 0 Å². The zero-order chi connectivity index (χ0) is 23.0. The molecule has 1 aliphatic rings. The van der Waals surface area contributed by atoms with E-state index < -0.39 is 46.7 Å². The molecule has 0 aliphatic carbocycles. The molecule has 0 unspecified atom stereocenters. The number of benzene rings is 1. The fourth-order valence-corrected chi connectivity index (χ4v) is 2.63. The van der Waals surface area contributed by atoms with Crippen molar-refractivity contribution in [1.29, 1.82) is 0 Å². The third kappa shape index (κ3) is 5.29. The molecule has 0 saturated heterocycles. The summed E-state index contributed by atoms with van der Waals surface area (Å²) in [6, 6.07) is 1.00. The number of alkyl halides is 6. The van der Waals surface area contributed by atoms with Crippen LogP contribution < -0.4 is 5.43 Å². The van der Waals surface area contributed by atoms with Crippen LogP contribution in [0.15, 0.2) is 42.3 Å². The molecule has 1 N–H and O–H groups in total. The molecule has 2 heterocycles. The molecule has 1 aromatic heterocycles. The van der Waals surface area contributed by atoms with Gasteiger partial charge < -0.3 is 0 Å².